The number of methoxy groups -OCH3 is 2. The van der Waals surface area contributed by atoms with Crippen LogP contribution in [0.4, 0.5) is 10.1 Å². The number of hydrogen-bond acceptors (Lipinski definition) is 5. The molecule has 7 heteroatoms. The Labute approximate surface area is 197 Å². The van der Waals surface area contributed by atoms with Crippen LogP contribution in [0.5, 0.6) is 23.0 Å². The number of carbonyl (C=O) groups excluding carboxylic acids is 1. The molecule has 1 amide bonds. The number of pyridine rings is 1. The Morgan fingerprint density at radius 3 is 2.32 bits per heavy atom. The Hall–Kier alpha value is -4.13. The number of rotatable bonds is 8. The third-order valence-corrected chi connectivity index (χ3v) is 5.50. The average Bonchev–Trinajstić information content (AvgIpc) is 2.85. The second-order valence-corrected chi connectivity index (χ2v) is 7.66. The summed E-state index contributed by atoms with van der Waals surface area (Å²) in [6.07, 6.45) is 2.24. The fraction of sp³-hybridized carbons (Fsp3) is 0.185. The topological polar surface area (TPSA) is 60.9 Å². The SMILES string of the molecule is COc1cc2nccc(Oc3ccc(N(CCc4ccccc4)C(C)=O)cc3F)c2cc1OC. The third kappa shape index (κ3) is 4.93. The van der Waals surface area contributed by atoms with E-state index in [9.17, 15) is 4.79 Å². The summed E-state index contributed by atoms with van der Waals surface area (Å²) in [4.78, 5) is 18.1. The van der Waals surface area contributed by atoms with Gasteiger partial charge in [-0.15, -0.1) is 0 Å². The average molecular weight is 461 g/mol. The van der Waals surface area contributed by atoms with Crippen molar-refractivity contribution in [1.82, 2.24) is 4.98 Å². The lowest BCUT2D eigenvalue weighted by atomic mass is 10.1. The van der Waals surface area contributed by atoms with Crippen LogP contribution in [-0.4, -0.2) is 31.7 Å². The van der Waals surface area contributed by atoms with E-state index < -0.39 is 5.82 Å². The molecular weight excluding hydrogens is 435 g/mol. The van der Waals surface area contributed by atoms with Gasteiger partial charge in [0.15, 0.2) is 23.1 Å². The number of aromatic nitrogens is 1. The highest BCUT2D eigenvalue weighted by molar-refractivity contribution is 5.91. The van der Waals surface area contributed by atoms with Crippen molar-refractivity contribution < 1.29 is 23.4 Å². The Kier molecular flexibility index (Phi) is 6.92. The molecular formula is C27H25FN2O4. The molecule has 0 radical (unpaired) electrons. The molecule has 4 rings (SSSR count). The monoisotopic (exact) mass is 460 g/mol. The molecule has 1 heterocycles. The standard InChI is InChI=1S/C27H25FN2O4/c1-18(31)30(14-12-19-7-5-4-6-8-19)20-9-10-25(22(28)15-20)34-24-11-13-29-23-17-27(33-3)26(32-2)16-21(23)24/h4-11,13,15-17H,12,14H2,1-3H3. The molecule has 34 heavy (non-hydrogen) atoms. The number of anilines is 1. The molecule has 6 nitrogen and oxygen atoms in total. The molecule has 174 valence electrons. The van der Waals surface area contributed by atoms with Crippen LogP contribution in [0.3, 0.4) is 0 Å². The molecule has 0 fully saturated rings. The van der Waals surface area contributed by atoms with E-state index in [0.717, 1.165) is 5.56 Å². The number of nitrogens with zero attached hydrogens (tertiary/aromatic N) is 2. The molecule has 0 saturated heterocycles. The molecule has 0 unspecified atom stereocenters. The first-order valence-electron chi connectivity index (χ1n) is 10.8. The molecule has 1 aromatic heterocycles. The van der Waals surface area contributed by atoms with E-state index in [1.54, 1.807) is 42.5 Å². The molecule has 0 aliphatic carbocycles. The van der Waals surface area contributed by atoms with Crippen LogP contribution in [-0.2, 0) is 11.2 Å². The predicted molar refractivity (Wildman–Crippen MR) is 129 cm³/mol. The highest BCUT2D eigenvalue weighted by Gasteiger charge is 2.16. The van der Waals surface area contributed by atoms with Gasteiger partial charge in [-0.2, -0.15) is 0 Å². The first kappa shape index (κ1) is 23.0. The summed E-state index contributed by atoms with van der Waals surface area (Å²) in [6.45, 7) is 1.91. The van der Waals surface area contributed by atoms with Crippen LogP contribution in [0.25, 0.3) is 10.9 Å². The van der Waals surface area contributed by atoms with E-state index >= 15 is 4.39 Å². The summed E-state index contributed by atoms with van der Waals surface area (Å²) in [5, 5.41) is 0.650. The minimum atomic E-state index is -0.575. The Morgan fingerprint density at radius 2 is 1.65 bits per heavy atom. The normalized spacial score (nSPS) is 10.7. The van der Waals surface area contributed by atoms with Crippen molar-refractivity contribution in [2.24, 2.45) is 0 Å². The highest BCUT2D eigenvalue weighted by Crippen LogP contribution is 2.37. The van der Waals surface area contributed by atoms with Gasteiger partial charge in [-0.05, 0) is 36.2 Å². The van der Waals surface area contributed by atoms with Crippen molar-refractivity contribution in [2.75, 3.05) is 25.7 Å². The summed E-state index contributed by atoms with van der Waals surface area (Å²) in [7, 11) is 3.09. The van der Waals surface area contributed by atoms with Crippen LogP contribution in [0.2, 0.25) is 0 Å². The summed E-state index contributed by atoms with van der Waals surface area (Å²) < 4.78 is 31.7. The van der Waals surface area contributed by atoms with Crippen molar-refractivity contribution in [1.29, 1.82) is 0 Å². The zero-order chi connectivity index (χ0) is 24.1. The van der Waals surface area contributed by atoms with Gasteiger partial charge >= 0.3 is 0 Å². The highest BCUT2D eigenvalue weighted by atomic mass is 19.1. The van der Waals surface area contributed by atoms with Gasteiger partial charge in [0.05, 0.1) is 19.7 Å². The maximum atomic E-state index is 15.1. The number of amides is 1. The number of benzene rings is 3. The van der Waals surface area contributed by atoms with Crippen LogP contribution in [0.1, 0.15) is 12.5 Å². The molecule has 0 spiro atoms. The molecule has 0 bridgehead atoms. The number of hydrogen-bond donors (Lipinski definition) is 0. The van der Waals surface area contributed by atoms with E-state index in [-0.39, 0.29) is 11.7 Å². The Balaban J connectivity index is 1.59. The van der Waals surface area contributed by atoms with E-state index in [0.29, 0.717) is 46.8 Å². The van der Waals surface area contributed by atoms with Crippen molar-refractivity contribution in [3.8, 4) is 23.0 Å². The Bertz CT molecular complexity index is 1310. The summed E-state index contributed by atoms with van der Waals surface area (Å²) in [5.41, 5.74) is 2.20. The molecule has 0 saturated carbocycles. The minimum absolute atomic E-state index is 0.0394. The predicted octanol–water partition coefficient (Wildman–Crippen LogP) is 5.78. The first-order valence-corrected chi connectivity index (χ1v) is 10.8. The Morgan fingerprint density at radius 1 is 0.912 bits per heavy atom. The number of carbonyl (C=O) groups is 1. The molecule has 0 atom stereocenters. The fourth-order valence-corrected chi connectivity index (χ4v) is 3.75. The fourth-order valence-electron chi connectivity index (χ4n) is 3.75. The van der Waals surface area contributed by atoms with Crippen LogP contribution in [0.15, 0.2) is 72.9 Å². The molecule has 0 aliphatic rings. The lowest BCUT2D eigenvalue weighted by Gasteiger charge is -2.22. The quantitative estimate of drug-likeness (QED) is 0.334. The van der Waals surface area contributed by atoms with Crippen molar-refractivity contribution in [3.05, 3.63) is 84.3 Å². The lowest BCUT2D eigenvalue weighted by Crippen LogP contribution is -2.30. The number of fused-ring (bicyclic) bond motifs is 1. The summed E-state index contributed by atoms with van der Waals surface area (Å²) >= 11 is 0. The smallest absolute Gasteiger partial charge is 0.223 e. The van der Waals surface area contributed by atoms with Gasteiger partial charge in [-0.1, -0.05) is 30.3 Å². The zero-order valence-corrected chi connectivity index (χ0v) is 19.2. The third-order valence-electron chi connectivity index (χ3n) is 5.50. The maximum absolute atomic E-state index is 15.1. The first-order chi connectivity index (χ1) is 16.5. The van der Waals surface area contributed by atoms with Crippen molar-refractivity contribution in [2.45, 2.75) is 13.3 Å². The second-order valence-electron chi connectivity index (χ2n) is 7.66. The zero-order valence-electron chi connectivity index (χ0n) is 19.2. The van der Waals surface area contributed by atoms with Gasteiger partial charge in [0.1, 0.15) is 5.75 Å². The van der Waals surface area contributed by atoms with Gasteiger partial charge in [-0.3, -0.25) is 9.78 Å². The lowest BCUT2D eigenvalue weighted by molar-refractivity contribution is -0.116. The van der Waals surface area contributed by atoms with Gasteiger partial charge in [0.2, 0.25) is 5.91 Å². The molecule has 3 aromatic carbocycles. The van der Waals surface area contributed by atoms with Crippen LogP contribution < -0.4 is 19.1 Å². The van der Waals surface area contributed by atoms with E-state index in [1.807, 2.05) is 30.3 Å². The van der Waals surface area contributed by atoms with E-state index in [2.05, 4.69) is 4.98 Å². The van der Waals surface area contributed by atoms with Crippen LogP contribution >= 0.6 is 0 Å². The van der Waals surface area contributed by atoms with Crippen molar-refractivity contribution >= 4 is 22.5 Å². The van der Waals surface area contributed by atoms with Gasteiger partial charge < -0.3 is 19.1 Å². The number of halogens is 1. The van der Waals surface area contributed by atoms with Gasteiger partial charge in [0, 0.05) is 42.9 Å². The van der Waals surface area contributed by atoms with Crippen molar-refractivity contribution in [3.63, 3.8) is 0 Å². The van der Waals surface area contributed by atoms with E-state index in [1.165, 1.54) is 26.2 Å². The molecule has 4 aromatic rings. The summed E-state index contributed by atoms with van der Waals surface area (Å²) in [6, 6.07) is 19.5. The van der Waals surface area contributed by atoms with E-state index in [4.69, 9.17) is 14.2 Å². The maximum Gasteiger partial charge on any atom is 0.223 e. The number of ether oxygens (including phenoxy) is 3. The second kappa shape index (κ2) is 10.2. The summed E-state index contributed by atoms with van der Waals surface area (Å²) in [5.74, 6) is 0.774. The molecule has 0 aliphatic heterocycles. The van der Waals surface area contributed by atoms with Crippen LogP contribution in [0, 0.1) is 5.82 Å². The van der Waals surface area contributed by atoms with Gasteiger partial charge in [-0.25, -0.2) is 4.39 Å². The molecule has 0 N–H and O–H groups in total. The van der Waals surface area contributed by atoms with Gasteiger partial charge in [0.25, 0.3) is 0 Å². The largest absolute Gasteiger partial charge is 0.493 e. The minimum Gasteiger partial charge on any atom is -0.493 e.